The van der Waals surface area contributed by atoms with Gasteiger partial charge in [-0.05, 0) is 18.4 Å². The fraction of sp³-hybridized carbons (Fsp3) is 0.917. The molecule has 0 radical (unpaired) electrons. The molecular weight excluding hydrogens is 245 g/mol. The Hall–Kier alpha value is -0.780. The molecule has 0 bridgehead atoms. The lowest BCUT2D eigenvalue weighted by Gasteiger charge is -2.29. The van der Waals surface area contributed by atoms with Gasteiger partial charge >= 0.3 is 6.18 Å². The molecule has 1 N–H and O–H groups in total. The molecule has 0 aromatic carbocycles. The molecule has 1 fully saturated rings. The van der Waals surface area contributed by atoms with E-state index in [4.69, 9.17) is 0 Å². The fourth-order valence-electron chi connectivity index (χ4n) is 2.26. The van der Waals surface area contributed by atoms with Gasteiger partial charge in [-0.2, -0.15) is 13.2 Å². The second-order valence-electron chi connectivity index (χ2n) is 5.47. The highest BCUT2D eigenvalue weighted by molar-refractivity contribution is 5.79. The Morgan fingerprint density at radius 3 is 2.39 bits per heavy atom. The van der Waals surface area contributed by atoms with E-state index in [0.717, 1.165) is 4.90 Å². The molecule has 2 unspecified atom stereocenters. The number of rotatable bonds is 4. The minimum Gasteiger partial charge on any atom is -0.333 e. The van der Waals surface area contributed by atoms with E-state index in [0.29, 0.717) is 13.1 Å². The van der Waals surface area contributed by atoms with Crippen LogP contribution in [0.5, 0.6) is 0 Å². The molecule has 1 aliphatic heterocycles. The van der Waals surface area contributed by atoms with Crippen LogP contribution in [0.4, 0.5) is 13.2 Å². The van der Waals surface area contributed by atoms with Crippen molar-refractivity contribution in [2.75, 3.05) is 26.2 Å². The fourth-order valence-corrected chi connectivity index (χ4v) is 2.26. The summed E-state index contributed by atoms with van der Waals surface area (Å²) in [4.78, 5) is 13.1. The Bertz CT molecular complexity index is 292. The van der Waals surface area contributed by atoms with E-state index >= 15 is 0 Å². The lowest BCUT2D eigenvalue weighted by molar-refractivity contribution is -0.165. The summed E-state index contributed by atoms with van der Waals surface area (Å²) >= 11 is 0. The smallest absolute Gasteiger partial charge is 0.333 e. The van der Waals surface area contributed by atoms with Crippen molar-refractivity contribution >= 4 is 5.91 Å². The summed E-state index contributed by atoms with van der Waals surface area (Å²) in [6.45, 7) is 5.70. The van der Waals surface area contributed by atoms with Crippen molar-refractivity contribution in [3.05, 3.63) is 0 Å². The molecular formula is C12H21F3N2O. The largest absolute Gasteiger partial charge is 0.406 e. The van der Waals surface area contributed by atoms with Gasteiger partial charge in [0.2, 0.25) is 5.91 Å². The number of carbonyl (C=O) groups is 1. The molecule has 1 aliphatic rings. The van der Waals surface area contributed by atoms with E-state index in [1.165, 1.54) is 0 Å². The van der Waals surface area contributed by atoms with E-state index in [-0.39, 0.29) is 30.2 Å². The summed E-state index contributed by atoms with van der Waals surface area (Å²) in [6.07, 6.45) is -4.33. The number of nitrogens with zero attached hydrogens (tertiary/aromatic N) is 1. The first-order valence-electron chi connectivity index (χ1n) is 6.27. The molecule has 2 atom stereocenters. The van der Waals surface area contributed by atoms with Gasteiger partial charge < -0.3 is 10.2 Å². The van der Waals surface area contributed by atoms with Crippen molar-refractivity contribution in [3.63, 3.8) is 0 Å². The standard InChI is InChI=1S/C12H21F3N2O/c1-8(2)6-17(7-12(13,14)15)11(18)10-5-16-4-9(10)3/h8-10,16H,4-7H2,1-3H3. The third kappa shape index (κ3) is 4.48. The molecule has 0 aliphatic carbocycles. The minimum atomic E-state index is -4.33. The van der Waals surface area contributed by atoms with E-state index < -0.39 is 12.7 Å². The number of nitrogens with one attached hydrogen (secondary N) is 1. The van der Waals surface area contributed by atoms with Crippen molar-refractivity contribution in [1.29, 1.82) is 0 Å². The normalized spacial score (nSPS) is 24.6. The van der Waals surface area contributed by atoms with Crippen LogP contribution >= 0.6 is 0 Å². The second-order valence-corrected chi connectivity index (χ2v) is 5.47. The highest BCUT2D eigenvalue weighted by Gasteiger charge is 2.38. The zero-order chi connectivity index (χ0) is 13.9. The molecule has 0 spiro atoms. The molecule has 1 saturated heterocycles. The molecule has 6 heteroatoms. The topological polar surface area (TPSA) is 32.3 Å². The first kappa shape index (κ1) is 15.3. The van der Waals surface area contributed by atoms with Crippen LogP contribution in [-0.4, -0.2) is 43.2 Å². The van der Waals surface area contributed by atoms with Crippen LogP contribution in [0, 0.1) is 17.8 Å². The molecule has 18 heavy (non-hydrogen) atoms. The predicted molar refractivity (Wildman–Crippen MR) is 63.0 cm³/mol. The van der Waals surface area contributed by atoms with Gasteiger partial charge in [-0.1, -0.05) is 20.8 Å². The lowest BCUT2D eigenvalue weighted by atomic mass is 9.96. The van der Waals surface area contributed by atoms with E-state index in [9.17, 15) is 18.0 Å². The summed E-state index contributed by atoms with van der Waals surface area (Å²) in [6, 6.07) is 0. The summed E-state index contributed by atoms with van der Waals surface area (Å²) in [7, 11) is 0. The number of hydrogen-bond donors (Lipinski definition) is 1. The highest BCUT2D eigenvalue weighted by atomic mass is 19.4. The summed E-state index contributed by atoms with van der Waals surface area (Å²) in [5.41, 5.74) is 0. The SMILES string of the molecule is CC(C)CN(CC(F)(F)F)C(=O)C1CNCC1C. The number of carbonyl (C=O) groups excluding carboxylic acids is 1. The molecule has 1 amide bonds. The van der Waals surface area contributed by atoms with Crippen LogP contribution in [-0.2, 0) is 4.79 Å². The Kier molecular flexibility index (Phi) is 5.01. The maximum atomic E-state index is 12.5. The number of hydrogen-bond acceptors (Lipinski definition) is 2. The molecule has 1 rings (SSSR count). The molecule has 3 nitrogen and oxygen atoms in total. The van der Waals surface area contributed by atoms with Crippen LogP contribution in [0.2, 0.25) is 0 Å². The second kappa shape index (κ2) is 5.91. The van der Waals surface area contributed by atoms with Gasteiger partial charge in [0.1, 0.15) is 6.54 Å². The van der Waals surface area contributed by atoms with E-state index in [1.54, 1.807) is 0 Å². The molecule has 106 valence electrons. The lowest BCUT2D eigenvalue weighted by Crippen LogP contribution is -2.45. The first-order chi connectivity index (χ1) is 8.20. The maximum Gasteiger partial charge on any atom is 0.406 e. The van der Waals surface area contributed by atoms with Crippen molar-refractivity contribution in [1.82, 2.24) is 10.2 Å². The van der Waals surface area contributed by atoms with Gasteiger partial charge in [-0.25, -0.2) is 0 Å². The Morgan fingerprint density at radius 2 is 2.00 bits per heavy atom. The Labute approximate surface area is 106 Å². The van der Waals surface area contributed by atoms with Crippen molar-refractivity contribution in [3.8, 4) is 0 Å². The van der Waals surface area contributed by atoms with Gasteiger partial charge in [0, 0.05) is 13.1 Å². The minimum absolute atomic E-state index is 0.0287. The van der Waals surface area contributed by atoms with Crippen LogP contribution in [0.3, 0.4) is 0 Å². The third-order valence-electron chi connectivity index (χ3n) is 3.10. The first-order valence-corrected chi connectivity index (χ1v) is 6.27. The average Bonchev–Trinajstić information content (AvgIpc) is 2.59. The molecule has 0 aromatic rings. The molecule has 1 heterocycles. The van der Waals surface area contributed by atoms with Crippen molar-refractivity contribution < 1.29 is 18.0 Å². The Balaban J connectivity index is 2.72. The average molecular weight is 266 g/mol. The van der Waals surface area contributed by atoms with Crippen LogP contribution in [0.1, 0.15) is 20.8 Å². The number of halogens is 3. The monoisotopic (exact) mass is 266 g/mol. The summed E-state index contributed by atoms with van der Waals surface area (Å²) < 4.78 is 37.5. The van der Waals surface area contributed by atoms with Crippen molar-refractivity contribution in [2.45, 2.75) is 26.9 Å². The number of alkyl halides is 3. The van der Waals surface area contributed by atoms with Crippen molar-refractivity contribution in [2.24, 2.45) is 17.8 Å². The van der Waals surface area contributed by atoms with E-state index in [1.807, 2.05) is 20.8 Å². The van der Waals surface area contributed by atoms with Gasteiger partial charge in [0.25, 0.3) is 0 Å². The molecule has 0 aromatic heterocycles. The predicted octanol–water partition coefficient (Wildman–Crippen LogP) is 1.89. The van der Waals surface area contributed by atoms with Gasteiger partial charge in [0.05, 0.1) is 5.92 Å². The van der Waals surface area contributed by atoms with Gasteiger partial charge in [-0.15, -0.1) is 0 Å². The van der Waals surface area contributed by atoms with Gasteiger partial charge in [0.15, 0.2) is 0 Å². The maximum absolute atomic E-state index is 12.5. The zero-order valence-corrected chi connectivity index (χ0v) is 11.0. The highest BCUT2D eigenvalue weighted by Crippen LogP contribution is 2.23. The third-order valence-corrected chi connectivity index (χ3v) is 3.10. The van der Waals surface area contributed by atoms with E-state index in [2.05, 4.69) is 5.32 Å². The zero-order valence-electron chi connectivity index (χ0n) is 11.0. The van der Waals surface area contributed by atoms with Crippen LogP contribution < -0.4 is 5.32 Å². The van der Waals surface area contributed by atoms with Gasteiger partial charge in [-0.3, -0.25) is 4.79 Å². The number of amides is 1. The quantitative estimate of drug-likeness (QED) is 0.842. The molecule has 0 saturated carbocycles. The van der Waals surface area contributed by atoms with Crippen LogP contribution in [0.15, 0.2) is 0 Å². The summed E-state index contributed by atoms with van der Waals surface area (Å²) in [5, 5.41) is 3.05. The summed E-state index contributed by atoms with van der Waals surface area (Å²) in [5.74, 6) is -0.578. The Morgan fingerprint density at radius 1 is 1.39 bits per heavy atom. The van der Waals surface area contributed by atoms with Crippen LogP contribution in [0.25, 0.3) is 0 Å².